The molecule has 0 aromatic heterocycles. The summed E-state index contributed by atoms with van der Waals surface area (Å²) in [4.78, 5) is 12.7. The lowest BCUT2D eigenvalue weighted by atomic mass is 10.3. The van der Waals surface area contributed by atoms with E-state index in [9.17, 15) is 10.1 Å². The molecule has 0 aliphatic heterocycles. The molecule has 1 aromatic rings. The van der Waals surface area contributed by atoms with E-state index in [-0.39, 0.29) is 5.69 Å². The number of benzene rings is 1. The van der Waals surface area contributed by atoms with Gasteiger partial charge in [-0.15, -0.1) is 0 Å². The highest BCUT2D eigenvalue weighted by molar-refractivity contribution is 9.10. The van der Waals surface area contributed by atoms with Gasteiger partial charge in [0, 0.05) is 12.6 Å². The minimum atomic E-state index is -0.458. The van der Waals surface area contributed by atoms with Crippen LogP contribution in [-0.4, -0.2) is 43.2 Å². The maximum atomic E-state index is 10.9. The number of likely N-dealkylation sites (N-methyl/N-ethyl adjacent to an activating group) is 1. The number of nitro groups is 1. The molecule has 0 heterocycles. The second-order valence-corrected chi connectivity index (χ2v) is 4.94. The Labute approximate surface area is 126 Å². The van der Waals surface area contributed by atoms with Crippen LogP contribution in [0.5, 0.6) is 11.5 Å². The van der Waals surface area contributed by atoms with Crippen LogP contribution in [0.1, 0.15) is 13.8 Å². The van der Waals surface area contributed by atoms with Crippen molar-refractivity contribution in [2.24, 2.45) is 0 Å². The monoisotopic (exact) mass is 346 g/mol. The molecule has 0 N–H and O–H groups in total. The fraction of sp³-hybridized carbons (Fsp3) is 0.538. The summed E-state index contributed by atoms with van der Waals surface area (Å²) in [7, 11) is 1.50. The molecule has 0 aliphatic carbocycles. The quantitative estimate of drug-likeness (QED) is 0.534. The summed E-state index contributed by atoms with van der Waals surface area (Å²) in [5.41, 5.74) is -0.0383. The van der Waals surface area contributed by atoms with Gasteiger partial charge in [-0.3, -0.25) is 10.1 Å². The second kappa shape index (κ2) is 8.06. The predicted molar refractivity (Wildman–Crippen MR) is 80.6 cm³/mol. The lowest BCUT2D eigenvalue weighted by Gasteiger charge is -2.18. The molecule has 6 nitrogen and oxygen atoms in total. The van der Waals surface area contributed by atoms with Crippen molar-refractivity contribution in [1.82, 2.24) is 4.90 Å². The Morgan fingerprint density at radius 3 is 2.45 bits per heavy atom. The first-order valence-electron chi connectivity index (χ1n) is 6.40. The normalized spacial score (nSPS) is 10.7. The predicted octanol–water partition coefficient (Wildman–Crippen LogP) is 3.09. The fourth-order valence-corrected chi connectivity index (χ4v) is 2.23. The van der Waals surface area contributed by atoms with Gasteiger partial charge in [0.1, 0.15) is 6.61 Å². The van der Waals surface area contributed by atoms with Crippen molar-refractivity contribution in [1.29, 1.82) is 0 Å². The summed E-state index contributed by atoms with van der Waals surface area (Å²) < 4.78 is 11.2. The molecule has 0 radical (unpaired) electrons. The van der Waals surface area contributed by atoms with Crippen LogP contribution in [0.3, 0.4) is 0 Å². The maximum Gasteiger partial charge on any atom is 0.287 e. The molecular formula is C13H19BrN2O4. The summed E-state index contributed by atoms with van der Waals surface area (Å²) in [5.74, 6) is 0.858. The van der Waals surface area contributed by atoms with Gasteiger partial charge in [0.25, 0.3) is 5.69 Å². The van der Waals surface area contributed by atoms with E-state index >= 15 is 0 Å². The van der Waals surface area contributed by atoms with Crippen molar-refractivity contribution < 1.29 is 14.4 Å². The molecule has 7 heteroatoms. The van der Waals surface area contributed by atoms with E-state index in [1.807, 2.05) is 0 Å². The van der Waals surface area contributed by atoms with Crippen LogP contribution in [0.25, 0.3) is 0 Å². The molecule has 1 rings (SSSR count). The summed E-state index contributed by atoms with van der Waals surface area (Å²) in [5, 5.41) is 10.9. The third kappa shape index (κ3) is 4.35. The van der Waals surface area contributed by atoms with Crippen LogP contribution >= 0.6 is 15.9 Å². The molecule has 112 valence electrons. The molecule has 0 fully saturated rings. The summed E-state index contributed by atoms with van der Waals surface area (Å²) >= 11 is 3.15. The Balaban J connectivity index is 2.82. The van der Waals surface area contributed by atoms with Crippen molar-refractivity contribution in [3.8, 4) is 11.5 Å². The Bertz CT molecular complexity index is 464. The minimum absolute atomic E-state index is 0.0383. The van der Waals surface area contributed by atoms with Crippen molar-refractivity contribution in [2.45, 2.75) is 13.8 Å². The number of methoxy groups -OCH3 is 1. The molecule has 0 atom stereocenters. The van der Waals surface area contributed by atoms with Gasteiger partial charge < -0.3 is 14.4 Å². The number of hydrogen-bond acceptors (Lipinski definition) is 5. The minimum Gasteiger partial charge on any atom is -0.493 e. The third-order valence-corrected chi connectivity index (χ3v) is 3.62. The zero-order valence-electron chi connectivity index (χ0n) is 11.9. The van der Waals surface area contributed by atoms with Crippen LogP contribution in [-0.2, 0) is 0 Å². The van der Waals surface area contributed by atoms with E-state index in [0.717, 1.165) is 19.6 Å². The van der Waals surface area contributed by atoms with Crippen LogP contribution < -0.4 is 9.47 Å². The molecule has 0 bridgehead atoms. The van der Waals surface area contributed by atoms with Crippen molar-refractivity contribution in [2.75, 3.05) is 33.4 Å². The van der Waals surface area contributed by atoms with E-state index in [4.69, 9.17) is 9.47 Å². The van der Waals surface area contributed by atoms with Gasteiger partial charge in [0.15, 0.2) is 11.5 Å². The summed E-state index contributed by atoms with van der Waals surface area (Å²) in [6.45, 7) is 7.26. The van der Waals surface area contributed by atoms with E-state index in [2.05, 4.69) is 34.7 Å². The maximum absolute atomic E-state index is 10.9. The lowest BCUT2D eigenvalue weighted by molar-refractivity contribution is -0.385. The van der Waals surface area contributed by atoms with Crippen LogP contribution in [0.4, 0.5) is 5.69 Å². The molecule has 0 saturated carbocycles. The molecule has 0 unspecified atom stereocenters. The van der Waals surface area contributed by atoms with E-state index in [0.29, 0.717) is 22.6 Å². The number of nitrogens with zero attached hydrogens (tertiary/aromatic N) is 2. The number of ether oxygens (including phenoxy) is 2. The van der Waals surface area contributed by atoms with Crippen molar-refractivity contribution in [3.05, 3.63) is 26.7 Å². The van der Waals surface area contributed by atoms with Crippen LogP contribution in [0.2, 0.25) is 0 Å². The molecule has 0 saturated heterocycles. The highest BCUT2D eigenvalue weighted by Gasteiger charge is 2.18. The van der Waals surface area contributed by atoms with Gasteiger partial charge in [-0.1, -0.05) is 13.8 Å². The zero-order valence-corrected chi connectivity index (χ0v) is 13.5. The van der Waals surface area contributed by atoms with E-state index < -0.39 is 4.92 Å². The first-order valence-corrected chi connectivity index (χ1v) is 7.19. The van der Waals surface area contributed by atoms with Gasteiger partial charge in [-0.05, 0) is 29.0 Å². The molecule has 1 aromatic carbocycles. The van der Waals surface area contributed by atoms with Gasteiger partial charge in [0.2, 0.25) is 0 Å². The molecule has 20 heavy (non-hydrogen) atoms. The smallest absolute Gasteiger partial charge is 0.287 e. The molecule has 0 aliphatic rings. The summed E-state index contributed by atoms with van der Waals surface area (Å²) in [6, 6.07) is 2.93. The van der Waals surface area contributed by atoms with E-state index in [1.54, 1.807) is 6.07 Å². The van der Waals surface area contributed by atoms with Gasteiger partial charge in [-0.2, -0.15) is 0 Å². The first-order chi connectivity index (χ1) is 9.53. The van der Waals surface area contributed by atoms with Crippen molar-refractivity contribution in [3.63, 3.8) is 0 Å². The Morgan fingerprint density at radius 1 is 1.30 bits per heavy atom. The van der Waals surface area contributed by atoms with Crippen molar-refractivity contribution >= 4 is 21.6 Å². The average Bonchev–Trinajstić information content (AvgIpc) is 2.44. The van der Waals surface area contributed by atoms with Gasteiger partial charge in [-0.25, -0.2) is 0 Å². The number of halogens is 1. The third-order valence-electron chi connectivity index (χ3n) is 2.99. The summed E-state index contributed by atoms with van der Waals surface area (Å²) in [6.07, 6.45) is 0. The lowest BCUT2D eigenvalue weighted by Crippen LogP contribution is -2.27. The number of hydrogen-bond donors (Lipinski definition) is 0. The second-order valence-electron chi connectivity index (χ2n) is 4.09. The molecular weight excluding hydrogens is 328 g/mol. The van der Waals surface area contributed by atoms with E-state index in [1.165, 1.54) is 13.2 Å². The average molecular weight is 347 g/mol. The largest absolute Gasteiger partial charge is 0.493 e. The van der Waals surface area contributed by atoms with Gasteiger partial charge in [0.05, 0.1) is 22.6 Å². The Kier molecular flexibility index (Phi) is 6.74. The first kappa shape index (κ1) is 16.7. The van der Waals surface area contributed by atoms with Crippen LogP contribution in [0, 0.1) is 10.1 Å². The fourth-order valence-electron chi connectivity index (χ4n) is 1.76. The highest BCUT2D eigenvalue weighted by Crippen LogP contribution is 2.37. The Morgan fingerprint density at radius 2 is 1.95 bits per heavy atom. The number of rotatable bonds is 8. The topological polar surface area (TPSA) is 64.8 Å². The SMILES string of the molecule is CCN(CC)CCOc1cc([N+](=O)[O-])c(Br)cc1OC. The standard InChI is InChI=1S/C13H19BrN2O4/c1-4-15(5-2)6-7-20-13-9-11(16(17)18)10(14)8-12(13)19-3/h8-9H,4-7H2,1-3H3. The van der Waals surface area contributed by atoms with Gasteiger partial charge >= 0.3 is 0 Å². The zero-order chi connectivity index (χ0) is 15.1. The number of nitro benzene ring substituents is 1. The molecule has 0 spiro atoms. The highest BCUT2D eigenvalue weighted by atomic mass is 79.9. The Hall–Kier alpha value is -1.34. The molecule has 0 amide bonds. The van der Waals surface area contributed by atoms with Crippen LogP contribution in [0.15, 0.2) is 16.6 Å².